The summed E-state index contributed by atoms with van der Waals surface area (Å²) in [5.41, 5.74) is 1.69. The van der Waals surface area contributed by atoms with E-state index in [0.717, 1.165) is 9.87 Å². The summed E-state index contributed by atoms with van der Waals surface area (Å²) >= 11 is 0. The number of nitrogens with zero attached hydrogens (tertiary/aromatic N) is 1. The van der Waals surface area contributed by atoms with Crippen molar-refractivity contribution in [3.05, 3.63) is 59.7 Å². The van der Waals surface area contributed by atoms with Gasteiger partial charge in [0.25, 0.3) is 5.91 Å². The molecule has 0 atom stereocenters. The molecule has 0 aliphatic carbocycles. The molecule has 26 heavy (non-hydrogen) atoms. The predicted molar refractivity (Wildman–Crippen MR) is 99.2 cm³/mol. The lowest BCUT2D eigenvalue weighted by Crippen LogP contribution is -2.22. The Kier molecular flexibility index (Phi) is 6.12. The second-order valence-corrected chi connectivity index (χ2v) is 8.03. The average molecular weight is 375 g/mol. The molecule has 0 bridgehead atoms. The van der Waals surface area contributed by atoms with E-state index in [1.54, 1.807) is 36.4 Å². The van der Waals surface area contributed by atoms with Gasteiger partial charge < -0.3 is 10.6 Å². The van der Waals surface area contributed by atoms with Crippen LogP contribution in [-0.2, 0) is 21.4 Å². The molecule has 7 nitrogen and oxygen atoms in total. The fourth-order valence-corrected chi connectivity index (χ4v) is 3.10. The Morgan fingerprint density at radius 1 is 1.04 bits per heavy atom. The van der Waals surface area contributed by atoms with Gasteiger partial charge in [0.2, 0.25) is 15.9 Å². The lowest BCUT2D eigenvalue weighted by molar-refractivity contribution is -0.119. The van der Waals surface area contributed by atoms with E-state index in [-0.39, 0.29) is 16.7 Å². The first-order chi connectivity index (χ1) is 12.2. The summed E-state index contributed by atoms with van der Waals surface area (Å²) in [4.78, 5) is 23.4. The fraction of sp³-hybridized carbons (Fsp3) is 0.222. The highest BCUT2D eigenvalue weighted by Crippen LogP contribution is 2.18. The maximum Gasteiger partial charge on any atom is 0.255 e. The van der Waals surface area contributed by atoms with E-state index < -0.39 is 10.0 Å². The zero-order valence-corrected chi connectivity index (χ0v) is 15.6. The highest BCUT2D eigenvalue weighted by atomic mass is 32.2. The van der Waals surface area contributed by atoms with Crippen molar-refractivity contribution in [2.24, 2.45) is 0 Å². The van der Waals surface area contributed by atoms with Crippen LogP contribution < -0.4 is 10.6 Å². The molecule has 0 aliphatic heterocycles. The van der Waals surface area contributed by atoms with Gasteiger partial charge in [-0.2, -0.15) is 0 Å². The van der Waals surface area contributed by atoms with Crippen molar-refractivity contribution in [2.45, 2.75) is 18.4 Å². The van der Waals surface area contributed by atoms with E-state index in [1.165, 1.54) is 33.2 Å². The summed E-state index contributed by atoms with van der Waals surface area (Å²) in [5.74, 6) is -0.477. The molecule has 0 fully saturated rings. The predicted octanol–water partition coefficient (Wildman–Crippen LogP) is 1.83. The van der Waals surface area contributed by atoms with E-state index in [2.05, 4.69) is 10.6 Å². The first-order valence-electron chi connectivity index (χ1n) is 7.87. The van der Waals surface area contributed by atoms with Crippen LogP contribution in [0.15, 0.2) is 53.4 Å². The molecule has 2 rings (SSSR count). The number of rotatable bonds is 6. The van der Waals surface area contributed by atoms with Gasteiger partial charge in [0, 0.05) is 38.8 Å². The van der Waals surface area contributed by atoms with Crippen molar-refractivity contribution in [1.82, 2.24) is 9.62 Å². The summed E-state index contributed by atoms with van der Waals surface area (Å²) < 4.78 is 25.5. The van der Waals surface area contributed by atoms with E-state index >= 15 is 0 Å². The first kappa shape index (κ1) is 19.6. The second-order valence-electron chi connectivity index (χ2n) is 5.88. The number of nitrogens with one attached hydrogen (secondary N) is 2. The molecule has 0 unspecified atom stereocenters. The molecule has 0 saturated carbocycles. The third-order valence-corrected chi connectivity index (χ3v) is 5.44. The van der Waals surface area contributed by atoms with Crippen LogP contribution in [0.1, 0.15) is 22.8 Å². The third-order valence-electron chi connectivity index (χ3n) is 3.63. The van der Waals surface area contributed by atoms with Crippen molar-refractivity contribution in [3.8, 4) is 0 Å². The summed E-state index contributed by atoms with van der Waals surface area (Å²) in [6, 6.07) is 12.9. The maximum absolute atomic E-state index is 12.3. The van der Waals surface area contributed by atoms with Crippen molar-refractivity contribution < 1.29 is 18.0 Å². The smallest absolute Gasteiger partial charge is 0.255 e. The van der Waals surface area contributed by atoms with Gasteiger partial charge in [-0.3, -0.25) is 9.59 Å². The van der Waals surface area contributed by atoms with Crippen LogP contribution in [0.25, 0.3) is 0 Å². The molecule has 2 N–H and O–H groups in total. The van der Waals surface area contributed by atoms with Crippen LogP contribution >= 0.6 is 0 Å². The van der Waals surface area contributed by atoms with Crippen LogP contribution in [0, 0.1) is 0 Å². The van der Waals surface area contributed by atoms with Crippen molar-refractivity contribution >= 4 is 27.5 Å². The van der Waals surface area contributed by atoms with E-state index in [1.807, 2.05) is 0 Å². The average Bonchev–Trinajstić information content (AvgIpc) is 2.60. The Balaban J connectivity index is 2.11. The lowest BCUT2D eigenvalue weighted by atomic mass is 10.1. The zero-order chi connectivity index (χ0) is 19.3. The van der Waals surface area contributed by atoms with Gasteiger partial charge in [0.1, 0.15) is 0 Å². The van der Waals surface area contributed by atoms with Crippen LogP contribution in [0.2, 0.25) is 0 Å². The molecule has 0 heterocycles. The standard InChI is InChI=1S/C18H21N3O4S/c1-13(22)19-12-14-7-9-15(10-8-14)18(23)20-16-5-4-6-17(11-16)26(24,25)21(2)3/h4-11H,12H2,1-3H3,(H,19,22)(H,20,23). The zero-order valence-electron chi connectivity index (χ0n) is 14.8. The molecule has 0 aromatic heterocycles. The van der Waals surface area contributed by atoms with Crippen LogP contribution in [0.4, 0.5) is 5.69 Å². The van der Waals surface area contributed by atoms with E-state index in [4.69, 9.17) is 0 Å². The van der Waals surface area contributed by atoms with Gasteiger partial charge >= 0.3 is 0 Å². The van der Waals surface area contributed by atoms with Gasteiger partial charge in [-0.25, -0.2) is 12.7 Å². The summed E-state index contributed by atoms with van der Waals surface area (Å²) in [5, 5.41) is 5.37. The molecule has 0 aliphatic rings. The summed E-state index contributed by atoms with van der Waals surface area (Å²) in [7, 11) is -0.676. The largest absolute Gasteiger partial charge is 0.352 e. The molecule has 138 valence electrons. The number of amides is 2. The van der Waals surface area contributed by atoms with Gasteiger partial charge in [0.15, 0.2) is 0 Å². The molecular formula is C18H21N3O4S. The minimum Gasteiger partial charge on any atom is -0.352 e. The van der Waals surface area contributed by atoms with Crippen molar-refractivity contribution in [2.75, 3.05) is 19.4 Å². The number of benzene rings is 2. The molecule has 0 spiro atoms. The lowest BCUT2D eigenvalue weighted by Gasteiger charge is -2.13. The van der Waals surface area contributed by atoms with Crippen molar-refractivity contribution in [3.63, 3.8) is 0 Å². The number of hydrogen-bond donors (Lipinski definition) is 2. The minimum atomic E-state index is -3.57. The fourth-order valence-electron chi connectivity index (χ4n) is 2.15. The second kappa shape index (κ2) is 8.11. The van der Waals surface area contributed by atoms with E-state index in [0.29, 0.717) is 17.8 Å². The van der Waals surface area contributed by atoms with Gasteiger partial charge in [-0.15, -0.1) is 0 Å². The number of anilines is 1. The Labute approximate surface area is 153 Å². The van der Waals surface area contributed by atoms with Crippen LogP contribution in [-0.4, -0.2) is 38.6 Å². The normalized spacial score (nSPS) is 11.2. The highest BCUT2D eigenvalue weighted by molar-refractivity contribution is 7.89. The Morgan fingerprint density at radius 2 is 1.69 bits per heavy atom. The maximum atomic E-state index is 12.3. The van der Waals surface area contributed by atoms with Crippen molar-refractivity contribution in [1.29, 1.82) is 0 Å². The molecule has 2 aromatic carbocycles. The summed E-state index contributed by atoms with van der Waals surface area (Å²) in [6.07, 6.45) is 0. The van der Waals surface area contributed by atoms with Gasteiger partial charge in [-0.05, 0) is 35.9 Å². The number of hydrogen-bond acceptors (Lipinski definition) is 4. The quantitative estimate of drug-likeness (QED) is 0.805. The van der Waals surface area contributed by atoms with Crippen LogP contribution in [0.3, 0.4) is 0 Å². The van der Waals surface area contributed by atoms with E-state index in [9.17, 15) is 18.0 Å². The van der Waals surface area contributed by atoms with Gasteiger partial charge in [-0.1, -0.05) is 18.2 Å². The van der Waals surface area contributed by atoms with Crippen LogP contribution in [0.5, 0.6) is 0 Å². The minimum absolute atomic E-state index is 0.103. The Bertz CT molecular complexity index is 906. The molecule has 0 saturated heterocycles. The monoisotopic (exact) mass is 375 g/mol. The molecular weight excluding hydrogens is 354 g/mol. The first-order valence-corrected chi connectivity index (χ1v) is 9.31. The Morgan fingerprint density at radius 3 is 2.27 bits per heavy atom. The number of carbonyl (C=O) groups excluding carboxylic acids is 2. The molecule has 8 heteroatoms. The number of carbonyl (C=O) groups is 2. The SMILES string of the molecule is CC(=O)NCc1ccc(C(=O)Nc2cccc(S(=O)(=O)N(C)C)c2)cc1. The Hall–Kier alpha value is -2.71. The molecule has 2 amide bonds. The number of sulfonamides is 1. The highest BCUT2D eigenvalue weighted by Gasteiger charge is 2.17. The summed E-state index contributed by atoms with van der Waals surface area (Å²) in [6.45, 7) is 1.83. The molecule has 0 radical (unpaired) electrons. The molecule has 2 aromatic rings. The topological polar surface area (TPSA) is 95.6 Å². The van der Waals surface area contributed by atoms with Gasteiger partial charge in [0.05, 0.1) is 4.90 Å². The third kappa shape index (κ3) is 4.90.